The van der Waals surface area contributed by atoms with Crippen molar-refractivity contribution in [1.82, 2.24) is 9.55 Å². The van der Waals surface area contributed by atoms with E-state index in [-0.39, 0.29) is 12.2 Å². The number of hydrogen-bond acceptors (Lipinski definition) is 6. The summed E-state index contributed by atoms with van der Waals surface area (Å²) in [6.07, 6.45) is 1.96. The van der Waals surface area contributed by atoms with Gasteiger partial charge in [0.15, 0.2) is 4.80 Å². The maximum atomic E-state index is 14.0. The van der Waals surface area contributed by atoms with Crippen molar-refractivity contribution in [3.63, 3.8) is 0 Å². The van der Waals surface area contributed by atoms with E-state index in [0.29, 0.717) is 20.6 Å². The molecule has 0 bridgehead atoms. The fraction of sp³-hybridized carbons (Fsp3) is 0.167. The van der Waals surface area contributed by atoms with E-state index in [4.69, 9.17) is 9.73 Å². The SMILES string of the molecule is CCOC(=O)C1=C(C)N=c2s/c(=C/c3c(-c4ccccc4)[nH]c4ccc(C)cc34)c(=O)n2[C@@H]1c1cccs1. The topological polar surface area (TPSA) is 76.4 Å². The largest absolute Gasteiger partial charge is 0.463 e. The Morgan fingerprint density at radius 3 is 2.68 bits per heavy atom. The number of fused-ring (bicyclic) bond motifs is 2. The quantitative estimate of drug-likeness (QED) is 0.307. The van der Waals surface area contributed by atoms with E-state index in [9.17, 15) is 9.59 Å². The van der Waals surface area contributed by atoms with Crippen LogP contribution in [0.1, 0.15) is 35.9 Å². The molecule has 0 saturated heterocycles. The highest BCUT2D eigenvalue weighted by atomic mass is 32.1. The lowest BCUT2D eigenvalue weighted by atomic mass is 10.0. The van der Waals surface area contributed by atoms with Crippen LogP contribution < -0.4 is 14.9 Å². The van der Waals surface area contributed by atoms with Gasteiger partial charge in [-0.2, -0.15) is 0 Å². The fourth-order valence-electron chi connectivity index (χ4n) is 4.95. The lowest BCUT2D eigenvalue weighted by Crippen LogP contribution is -2.39. The molecule has 0 spiro atoms. The van der Waals surface area contributed by atoms with Crippen molar-refractivity contribution in [2.75, 3.05) is 6.61 Å². The number of hydrogen-bond donors (Lipinski definition) is 1. The number of aryl methyl sites for hydroxylation is 1. The van der Waals surface area contributed by atoms with Gasteiger partial charge in [0.25, 0.3) is 5.56 Å². The molecule has 4 heterocycles. The number of thiazole rings is 1. The van der Waals surface area contributed by atoms with Crippen LogP contribution in [0.25, 0.3) is 28.2 Å². The first kappa shape index (κ1) is 24.3. The van der Waals surface area contributed by atoms with Crippen molar-refractivity contribution in [3.8, 4) is 11.3 Å². The summed E-state index contributed by atoms with van der Waals surface area (Å²) in [6.45, 7) is 5.89. The zero-order valence-electron chi connectivity index (χ0n) is 21.1. The number of carbonyl (C=O) groups is 1. The van der Waals surface area contributed by atoms with Crippen molar-refractivity contribution >= 4 is 45.6 Å². The number of thiophene rings is 1. The minimum absolute atomic E-state index is 0.178. The van der Waals surface area contributed by atoms with Gasteiger partial charge in [-0.15, -0.1) is 11.3 Å². The summed E-state index contributed by atoms with van der Waals surface area (Å²) in [5.41, 5.74) is 5.89. The highest BCUT2D eigenvalue weighted by Gasteiger charge is 2.34. The number of carbonyl (C=O) groups excluding carboxylic acids is 1. The second-order valence-corrected chi connectivity index (χ2v) is 11.1. The third-order valence-electron chi connectivity index (χ3n) is 6.66. The molecule has 3 aromatic heterocycles. The average Bonchev–Trinajstić information content (AvgIpc) is 3.63. The van der Waals surface area contributed by atoms with Crippen LogP contribution in [0.5, 0.6) is 0 Å². The van der Waals surface area contributed by atoms with Gasteiger partial charge in [0, 0.05) is 21.3 Å². The minimum Gasteiger partial charge on any atom is -0.463 e. The number of benzene rings is 2. The van der Waals surface area contributed by atoms with Gasteiger partial charge in [-0.25, -0.2) is 9.79 Å². The molecule has 0 amide bonds. The molecular weight excluding hydrogens is 514 g/mol. The summed E-state index contributed by atoms with van der Waals surface area (Å²) in [5, 5.41) is 3.00. The van der Waals surface area contributed by atoms with Crippen molar-refractivity contribution in [1.29, 1.82) is 0 Å². The Morgan fingerprint density at radius 1 is 1.13 bits per heavy atom. The van der Waals surface area contributed by atoms with E-state index in [1.165, 1.54) is 22.7 Å². The van der Waals surface area contributed by atoms with Crippen molar-refractivity contribution < 1.29 is 9.53 Å². The van der Waals surface area contributed by atoms with Gasteiger partial charge < -0.3 is 9.72 Å². The Bertz CT molecular complexity index is 1890. The molecule has 2 aromatic carbocycles. The van der Waals surface area contributed by atoms with Crippen molar-refractivity contribution in [2.45, 2.75) is 26.8 Å². The normalized spacial score (nSPS) is 15.6. The molecule has 0 saturated carbocycles. The monoisotopic (exact) mass is 539 g/mol. The third-order valence-corrected chi connectivity index (χ3v) is 8.57. The summed E-state index contributed by atoms with van der Waals surface area (Å²) >= 11 is 2.85. The lowest BCUT2D eigenvalue weighted by molar-refractivity contribution is -0.139. The molecule has 1 N–H and O–H groups in total. The Hall–Kier alpha value is -4.01. The van der Waals surface area contributed by atoms with Crippen LogP contribution in [-0.2, 0) is 9.53 Å². The molecule has 0 fully saturated rings. The first-order valence-corrected chi connectivity index (χ1v) is 14.1. The number of H-pyrrole nitrogens is 1. The first-order chi connectivity index (χ1) is 18.5. The lowest BCUT2D eigenvalue weighted by Gasteiger charge is -2.23. The Labute approximate surface area is 226 Å². The molecule has 8 heteroatoms. The molecule has 1 aliphatic heterocycles. The molecule has 1 aliphatic rings. The van der Waals surface area contributed by atoms with Gasteiger partial charge in [0.1, 0.15) is 6.04 Å². The smallest absolute Gasteiger partial charge is 0.338 e. The number of ether oxygens (including phenoxy) is 1. The summed E-state index contributed by atoms with van der Waals surface area (Å²) in [6, 6.07) is 19.7. The van der Waals surface area contributed by atoms with Gasteiger partial charge in [0.05, 0.1) is 28.1 Å². The van der Waals surface area contributed by atoms with E-state index in [0.717, 1.165) is 38.2 Å². The predicted molar refractivity (Wildman–Crippen MR) is 153 cm³/mol. The predicted octanol–water partition coefficient (Wildman–Crippen LogP) is 5.32. The van der Waals surface area contributed by atoms with Crippen LogP contribution in [0, 0.1) is 6.92 Å². The van der Waals surface area contributed by atoms with Crippen LogP contribution in [0.3, 0.4) is 0 Å². The van der Waals surface area contributed by atoms with Gasteiger partial charge in [0.2, 0.25) is 0 Å². The highest BCUT2D eigenvalue weighted by Crippen LogP contribution is 2.34. The van der Waals surface area contributed by atoms with Crippen LogP contribution in [-0.4, -0.2) is 22.1 Å². The zero-order chi connectivity index (χ0) is 26.4. The Balaban J connectivity index is 1.61. The van der Waals surface area contributed by atoms with E-state index in [2.05, 4.69) is 42.2 Å². The maximum absolute atomic E-state index is 14.0. The summed E-state index contributed by atoms with van der Waals surface area (Å²) in [5.74, 6) is -0.445. The van der Waals surface area contributed by atoms with Gasteiger partial charge in [-0.3, -0.25) is 9.36 Å². The van der Waals surface area contributed by atoms with Gasteiger partial charge in [-0.1, -0.05) is 59.4 Å². The van der Waals surface area contributed by atoms with Gasteiger partial charge >= 0.3 is 5.97 Å². The molecule has 5 aromatic rings. The number of aromatic amines is 1. The molecule has 0 radical (unpaired) electrons. The van der Waals surface area contributed by atoms with Crippen LogP contribution in [0.2, 0.25) is 0 Å². The fourth-order valence-corrected chi connectivity index (χ4v) is 6.80. The number of aromatic nitrogens is 2. The summed E-state index contributed by atoms with van der Waals surface area (Å²) in [4.78, 5) is 36.8. The highest BCUT2D eigenvalue weighted by molar-refractivity contribution is 7.10. The molecule has 190 valence electrons. The van der Waals surface area contributed by atoms with E-state index in [1.54, 1.807) is 18.4 Å². The van der Waals surface area contributed by atoms with E-state index >= 15 is 0 Å². The van der Waals surface area contributed by atoms with Crippen molar-refractivity contribution in [3.05, 3.63) is 113 Å². The number of allylic oxidation sites excluding steroid dienone is 1. The van der Waals surface area contributed by atoms with E-state index < -0.39 is 12.0 Å². The van der Waals surface area contributed by atoms with Crippen molar-refractivity contribution in [2.24, 2.45) is 4.99 Å². The standard InChI is InChI=1S/C30H25N3O3S2/c1-4-36-29(35)25-18(3)31-30-33(27(25)23-11-8-14-37-23)28(34)24(38-30)16-21-20-15-17(2)12-13-22(20)32-26(21)19-9-6-5-7-10-19/h5-16,27,32H,4H2,1-3H3/b24-16+/t27-/m1/s1. The number of rotatable bonds is 5. The molecular formula is C30H25N3O3S2. The second kappa shape index (κ2) is 9.70. The average molecular weight is 540 g/mol. The second-order valence-electron chi connectivity index (χ2n) is 9.15. The third kappa shape index (κ3) is 4.06. The summed E-state index contributed by atoms with van der Waals surface area (Å²) in [7, 11) is 0. The zero-order valence-corrected chi connectivity index (χ0v) is 22.8. The number of esters is 1. The van der Waals surface area contributed by atoms with E-state index in [1.807, 2.05) is 41.8 Å². The maximum Gasteiger partial charge on any atom is 0.338 e. The molecule has 6 rings (SSSR count). The van der Waals surface area contributed by atoms with Crippen LogP contribution in [0.4, 0.5) is 0 Å². The molecule has 0 aliphatic carbocycles. The Morgan fingerprint density at radius 2 is 1.95 bits per heavy atom. The molecule has 1 atom stereocenters. The Kier molecular flexibility index (Phi) is 6.21. The number of nitrogens with zero attached hydrogens (tertiary/aromatic N) is 2. The summed E-state index contributed by atoms with van der Waals surface area (Å²) < 4.78 is 7.58. The van der Waals surface area contributed by atoms with Crippen LogP contribution >= 0.6 is 22.7 Å². The van der Waals surface area contributed by atoms with Gasteiger partial charge in [-0.05, 0) is 56.0 Å². The molecule has 0 unspecified atom stereocenters. The van der Waals surface area contributed by atoms with Crippen LogP contribution in [0.15, 0.2) is 87.1 Å². The number of nitrogens with one attached hydrogen (secondary N) is 1. The molecule has 38 heavy (non-hydrogen) atoms. The first-order valence-electron chi connectivity index (χ1n) is 12.4. The minimum atomic E-state index is -0.578. The molecule has 6 nitrogen and oxygen atoms in total.